The third kappa shape index (κ3) is 180. The molecule has 0 amide bonds. The molecule has 0 saturated heterocycles. The standard InChI is InChI=1S/ClHO3Se/c1-5(2,3)4/h(H,2,3,4). The first-order valence-electron chi connectivity index (χ1n) is 0.670. The van der Waals surface area contributed by atoms with Crippen LogP contribution in [0, 0.1) is 0 Å². The first kappa shape index (κ1) is 5.37. The summed E-state index contributed by atoms with van der Waals surface area (Å²) in [6.45, 7) is 0. The average molecular weight is 163 g/mol. The topological polar surface area (TPSA) is 54.4 Å². The summed E-state index contributed by atoms with van der Waals surface area (Å²) in [5, 5.41) is 0. The van der Waals surface area contributed by atoms with Crippen LogP contribution in [0.2, 0.25) is 0 Å². The fourth-order valence-electron chi connectivity index (χ4n) is 0. The molecule has 0 bridgehead atoms. The van der Waals surface area contributed by atoms with Crippen LogP contribution in [0.3, 0.4) is 0 Å². The summed E-state index contributed by atoms with van der Waals surface area (Å²) in [5.41, 5.74) is 0. The van der Waals surface area contributed by atoms with Gasteiger partial charge in [-0.2, -0.15) is 0 Å². The number of rotatable bonds is 0. The monoisotopic (exact) mass is 164 g/mol. The van der Waals surface area contributed by atoms with Gasteiger partial charge in [0, 0.05) is 0 Å². The van der Waals surface area contributed by atoms with Gasteiger partial charge >= 0.3 is 34.1 Å². The van der Waals surface area contributed by atoms with Gasteiger partial charge in [0.1, 0.15) is 0 Å². The zero-order chi connectivity index (χ0) is 4.50. The van der Waals surface area contributed by atoms with Gasteiger partial charge in [0.25, 0.3) is 0 Å². The van der Waals surface area contributed by atoms with E-state index in [1.807, 2.05) is 0 Å². The van der Waals surface area contributed by atoms with E-state index in [4.69, 9.17) is 11.9 Å². The zero-order valence-electron chi connectivity index (χ0n) is 2.05. The molecule has 0 aliphatic rings. The van der Waals surface area contributed by atoms with Gasteiger partial charge in [0.2, 0.25) is 0 Å². The van der Waals surface area contributed by atoms with E-state index in [2.05, 4.69) is 10.1 Å². The molecule has 0 rings (SSSR count). The van der Waals surface area contributed by atoms with Crippen LogP contribution in [0.4, 0.5) is 0 Å². The Kier molecular flexibility index (Phi) is 1.31. The van der Waals surface area contributed by atoms with Crippen molar-refractivity contribution in [2.75, 3.05) is 0 Å². The number of hydrogen-bond acceptors (Lipinski definition) is 2. The van der Waals surface area contributed by atoms with Gasteiger partial charge in [-0.25, -0.2) is 0 Å². The summed E-state index contributed by atoms with van der Waals surface area (Å²) in [6, 6.07) is 0. The summed E-state index contributed by atoms with van der Waals surface area (Å²) in [7, 11) is 4.13. The normalized spacial score (nSPS) is 11.6. The fourth-order valence-corrected chi connectivity index (χ4v) is 0. The molecular formula is HClO3Se. The van der Waals surface area contributed by atoms with E-state index < -0.39 is 12.1 Å². The fraction of sp³-hybridized carbons (Fsp3) is 0. The van der Waals surface area contributed by atoms with Crippen LogP contribution in [0.5, 0.6) is 0 Å². The van der Waals surface area contributed by atoms with Gasteiger partial charge in [-0.05, 0) is 0 Å². The molecule has 0 aliphatic heterocycles. The van der Waals surface area contributed by atoms with E-state index in [0.29, 0.717) is 0 Å². The first-order valence-corrected chi connectivity index (χ1v) is 5.09. The van der Waals surface area contributed by atoms with Gasteiger partial charge in [-0.3, -0.25) is 0 Å². The molecule has 5 heavy (non-hydrogen) atoms. The summed E-state index contributed by atoms with van der Waals surface area (Å²) in [5.74, 6) is 0. The van der Waals surface area contributed by atoms with Crippen molar-refractivity contribution in [3.8, 4) is 0 Å². The van der Waals surface area contributed by atoms with Crippen molar-refractivity contribution in [1.29, 1.82) is 0 Å². The van der Waals surface area contributed by atoms with Crippen LogP contribution < -0.4 is 0 Å². The average Bonchev–Trinajstić information content (AvgIpc) is 0.722. The van der Waals surface area contributed by atoms with Gasteiger partial charge in [-0.15, -0.1) is 0 Å². The quantitative estimate of drug-likeness (QED) is 0.491. The summed E-state index contributed by atoms with van der Waals surface area (Å²) in [6.07, 6.45) is 0. The Hall–Kier alpha value is 0.369. The molecule has 0 atom stereocenters. The molecule has 0 heterocycles. The van der Waals surface area contributed by atoms with E-state index >= 15 is 0 Å². The minimum atomic E-state index is -4.78. The molecule has 0 aromatic rings. The molecule has 0 aliphatic carbocycles. The van der Waals surface area contributed by atoms with Crippen molar-refractivity contribution in [2.45, 2.75) is 0 Å². The van der Waals surface area contributed by atoms with Crippen molar-refractivity contribution in [1.82, 2.24) is 0 Å². The molecule has 0 fully saturated rings. The van der Waals surface area contributed by atoms with E-state index in [-0.39, 0.29) is 0 Å². The van der Waals surface area contributed by atoms with E-state index in [9.17, 15) is 0 Å². The molecule has 1 N–H and O–H groups in total. The predicted molar refractivity (Wildman–Crippen MR) is 15.2 cm³/mol. The molecule has 32 valence electrons. The molecule has 3 nitrogen and oxygen atoms in total. The Morgan fingerprint density at radius 3 is 1.60 bits per heavy atom. The Balaban J connectivity index is 4.06. The second kappa shape index (κ2) is 1.22. The maximum absolute atomic E-state index is 9.03. The molecule has 0 spiro atoms. The Morgan fingerprint density at radius 2 is 1.60 bits per heavy atom. The molecule has 5 heteroatoms. The van der Waals surface area contributed by atoms with Crippen molar-refractivity contribution >= 4 is 22.2 Å². The van der Waals surface area contributed by atoms with Crippen LogP contribution in [-0.2, 0) is 7.67 Å². The van der Waals surface area contributed by atoms with Crippen LogP contribution in [0.15, 0.2) is 0 Å². The van der Waals surface area contributed by atoms with Crippen LogP contribution in [-0.4, -0.2) is 16.3 Å². The third-order valence-corrected chi connectivity index (χ3v) is 0. The maximum atomic E-state index is 9.03. The predicted octanol–water partition coefficient (Wildman–Crippen LogP) is -0.486. The molecule has 0 saturated carbocycles. The number of hydrogen-bond donors (Lipinski definition) is 1. The van der Waals surface area contributed by atoms with Gasteiger partial charge in [0.05, 0.1) is 0 Å². The first-order chi connectivity index (χ1) is 2.00. The van der Waals surface area contributed by atoms with Crippen LogP contribution in [0.1, 0.15) is 0 Å². The zero-order valence-corrected chi connectivity index (χ0v) is 4.52. The van der Waals surface area contributed by atoms with Crippen LogP contribution in [0.25, 0.3) is 0 Å². The summed E-state index contributed by atoms with van der Waals surface area (Å²) < 4.78 is 25.4. The SMILES string of the molecule is O=[Se](=O)(O)Cl. The second-order valence-corrected chi connectivity index (χ2v) is 4.17. The Labute approximate surface area is 34.7 Å². The van der Waals surface area contributed by atoms with Crippen molar-refractivity contribution < 1.29 is 11.9 Å². The minimum absolute atomic E-state index is 4.13. The summed E-state index contributed by atoms with van der Waals surface area (Å²) >= 11 is -4.78. The van der Waals surface area contributed by atoms with Gasteiger partial charge < -0.3 is 0 Å². The van der Waals surface area contributed by atoms with Gasteiger partial charge in [-0.1, -0.05) is 0 Å². The van der Waals surface area contributed by atoms with Crippen molar-refractivity contribution in [2.24, 2.45) is 0 Å². The summed E-state index contributed by atoms with van der Waals surface area (Å²) in [4.78, 5) is 0. The number of halogens is 1. The third-order valence-electron chi connectivity index (χ3n) is 0. The molecule has 0 aromatic carbocycles. The molecular weight excluding hydrogens is 162 g/mol. The van der Waals surface area contributed by atoms with Crippen LogP contribution >= 0.6 is 10.1 Å². The van der Waals surface area contributed by atoms with E-state index in [1.165, 1.54) is 0 Å². The second-order valence-electron chi connectivity index (χ2n) is 0.412. The Bertz CT molecular complexity index is 90.1. The molecule has 0 unspecified atom stereocenters. The Morgan fingerprint density at radius 1 is 1.60 bits per heavy atom. The molecule has 0 radical (unpaired) electrons. The van der Waals surface area contributed by atoms with E-state index in [1.54, 1.807) is 0 Å². The van der Waals surface area contributed by atoms with E-state index in [0.717, 1.165) is 0 Å². The van der Waals surface area contributed by atoms with Crippen molar-refractivity contribution in [3.05, 3.63) is 0 Å². The molecule has 0 aromatic heterocycles. The van der Waals surface area contributed by atoms with Crippen molar-refractivity contribution in [3.63, 3.8) is 0 Å². The van der Waals surface area contributed by atoms with Gasteiger partial charge in [0.15, 0.2) is 0 Å².